The molecule has 0 aromatic carbocycles. The first kappa shape index (κ1) is 13.7. The molecule has 0 spiro atoms. The maximum absolute atomic E-state index is 10.6. The van der Waals surface area contributed by atoms with E-state index >= 15 is 0 Å². The van der Waals surface area contributed by atoms with Gasteiger partial charge in [0.25, 0.3) is 0 Å². The summed E-state index contributed by atoms with van der Waals surface area (Å²) in [6, 6.07) is 1.77. The van der Waals surface area contributed by atoms with E-state index in [4.69, 9.17) is 10.4 Å². The van der Waals surface area contributed by atoms with Crippen LogP contribution in [0, 0.1) is 17.2 Å². The number of hydrogen-bond donors (Lipinski definition) is 1. The minimum Gasteiger partial charge on any atom is -0.478 e. The van der Waals surface area contributed by atoms with E-state index < -0.39 is 5.97 Å². The zero-order valence-electron chi connectivity index (χ0n) is 9.49. The molecule has 3 heteroatoms. The van der Waals surface area contributed by atoms with Gasteiger partial charge in [0, 0.05) is 11.6 Å². The third-order valence-corrected chi connectivity index (χ3v) is 2.24. The van der Waals surface area contributed by atoms with E-state index in [1.165, 1.54) is 6.42 Å². The summed E-state index contributed by atoms with van der Waals surface area (Å²) < 4.78 is 0. The molecule has 0 atom stereocenters. The Balaban J connectivity index is 3.70. The minimum atomic E-state index is -0.972. The van der Waals surface area contributed by atoms with Crippen LogP contribution in [-0.2, 0) is 4.79 Å². The Hall–Kier alpha value is -1.30. The summed E-state index contributed by atoms with van der Waals surface area (Å²) in [7, 11) is 0. The number of nitrogens with zero attached hydrogens (tertiary/aromatic N) is 1. The molecule has 0 radical (unpaired) electrons. The summed E-state index contributed by atoms with van der Waals surface area (Å²) in [6.07, 6.45) is 5.84. The van der Waals surface area contributed by atoms with Crippen molar-refractivity contribution in [1.82, 2.24) is 0 Å². The van der Waals surface area contributed by atoms with E-state index in [1.807, 2.05) is 0 Å². The molecule has 0 fully saturated rings. The normalized spacial score (nSPS) is 11.5. The second-order valence-electron chi connectivity index (χ2n) is 4.10. The Kier molecular flexibility index (Phi) is 7.35. The van der Waals surface area contributed by atoms with E-state index in [-0.39, 0.29) is 5.57 Å². The monoisotopic (exact) mass is 209 g/mol. The lowest BCUT2D eigenvalue weighted by Gasteiger charge is -2.04. The minimum absolute atomic E-state index is 0.224. The molecule has 0 rings (SSSR count). The van der Waals surface area contributed by atoms with Crippen molar-refractivity contribution in [3.63, 3.8) is 0 Å². The lowest BCUT2D eigenvalue weighted by molar-refractivity contribution is -0.132. The third-order valence-electron chi connectivity index (χ3n) is 2.24. The molecule has 15 heavy (non-hydrogen) atoms. The van der Waals surface area contributed by atoms with Gasteiger partial charge < -0.3 is 5.11 Å². The average molecular weight is 209 g/mol. The van der Waals surface area contributed by atoms with E-state index in [0.29, 0.717) is 12.3 Å². The zero-order valence-corrected chi connectivity index (χ0v) is 9.49. The molecule has 3 nitrogen and oxygen atoms in total. The number of aliphatic carboxylic acids is 1. The molecule has 0 bridgehead atoms. The lowest BCUT2D eigenvalue weighted by atomic mass is 10.0. The fourth-order valence-electron chi connectivity index (χ4n) is 1.36. The summed E-state index contributed by atoms with van der Waals surface area (Å²) in [4.78, 5) is 10.6. The number of allylic oxidation sites excluding steroid dienone is 1. The highest BCUT2D eigenvalue weighted by Gasteiger charge is 2.06. The zero-order chi connectivity index (χ0) is 11.7. The van der Waals surface area contributed by atoms with Crippen molar-refractivity contribution in [3.05, 3.63) is 11.6 Å². The van der Waals surface area contributed by atoms with Crippen LogP contribution in [0.25, 0.3) is 0 Å². The number of carboxylic acid groups (broad SMARTS) is 1. The van der Waals surface area contributed by atoms with Gasteiger partial charge in [0.05, 0.1) is 6.07 Å². The van der Waals surface area contributed by atoms with Crippen LogP contribution in [0.4, 0.5) is 0 Å². The molecule has 84 valence electrons. The molecule has 0 heterocycles. The van der Waals surface area contributed by atoms with Crippen LogP contribution < -0.4 is 0 Å². The van der Waals surface area contributed by atoms with E-state index in [1.54, 1.807) is 6.07 Å². The Morgan fingerprint density at radius 3 is 2.53 bits per heavy atom. The first-order chi connectivity index (χ1) is 7.07. The van der Waals surface area contributed by atoms with Crippen LogP contribution in [0.2, 0.25) is 0 Å². The van der Waals surface area contributed by atoms with E-state index in [0.717, 1.165) is 25.3 Å². The molecular weight excluding hydrogens is 190 g/mol. The van der Waals surface area contributed by atoms with Gasteiger partial charge in [0.2, 0.25) is 0 Å². The van der Waals surface area contributed by atoms with Crippen molar-refractivity contribution in [2.45, 2.75) is 46.0 Å². The standard InChI is InChI=1S/C12H19NO2/c1-10(2)6-4-3-5-7-11(8-9-13)12(14)15/h8,10H,3-7H2,1-2H3,(H,14,15). The second-order valence-corrected chi connectivity index (χ2v) is 4.10. The van der Waals surface area contributed by atoms with Gasteiger partial charge in [-0.05, 0) is 18.8 Å². The van der Waals surface area contributed by atoms with Gasteiger partial charge in [-0.2, -0.15) is 5.26 Å². The van der Waals surface area contributed by atoms with Gasteiger partial charge in [-0.1, -0.05) is 33.1 Å². The topological polar surface area (TPSA) is 61.1 Å². The van der Waals surface area contributed by atoms with E-state index in [9.17, 15) is 4.79 Å². The fourth-order valence-corrected chi connectivity index (χ4v) is 1.36. The number of nitriles is 1. The molecule has 1 N–H and O–H groups in total. The largest absolute Gasteiger partial charge is 0.478 e. The van der Waals surface area contributed by atoms with Gasteiger partial charge in [-0.25, -0.2) is 4.79 Å². The molecule has 0 aromatic heterocycles. The highest BCUT2D eigenvalue weighted by Crippen LogP contribution is 2.13. The summed E-state index contributed by atoms with van der Waals surface area (Å²) in [5, 5.41) is 17.1. The van der Waals surface area contributed by atoms with Crippen molar-refractivity contribution in [3.8, 4) is 6.07 Å². The van der Waals surface area contributed by atoms with Crippen LogP contribution in [-0.4, -0.2) is 11.1 Å². The molecule has 0 aliphatic rings. The maximum atomic E-state index is 10.6. The number of carbonyl (C=O) groups is 1. The molecule has 0 amide bonds. The first-order valence-corrected chi connectivity index (χ1v) is 5.40. The summed E-state index contributed by atoms with van der Waals surface area (Å²) in [5.74, 6) is -0.265. The highest BCUT2D eigenvalue weighted by atomic mass is 16.4. The molecule has 0 aliphatic heterocycles. The molecule has 0 unspecified atom stereocenters. The van der Waals surface area contributed by atoms with Gasteiger partial charge >= 0.3 is 5.97 Å². The van der Waals surface area contributed by atoms with Crippen LogP contribution in [0.15, 0.2) is 11.6 Å². The number of hydrogen-bond acceptors (Lipinski definition) is 2. The van der Waals surface area contributed by atoms with Gasteiger partial charge in [-0.3, -0.25) is 0 Å². The van der Waals surface area contributed by atoms with Crippen LogP contribution in [0.1, 0.15) is 46.0 Å². The quantitative estimate of drug-likeness (QED) is 0.398. The summed E-state index contributed by atoms with van der Waals surface area (Å²) in [6.45, 7) is 4.36. The maximum Gasteiger partial charge on any atom is 0.332 e. The Morgan fingerprint density at radius 1 is 1.40 bits per heavy atom. The number of carboxylic acids is 1. The SMILES string of the molecule is CC(C)CCCCCC(=CC#N)C(=O)O. The summed E-state index contributed by atoms with van der Waals surface area (Å²) in [5.41, 5.74) is 0.224. The average Bonchev–Trinajstić information content (AvgIpc) is 2.15. The Labute approximate surface area is 91.4 Å². The molecule has 0 saturated heterocycles. The third kappa shape index (κ3) is 7.75. The highest BCUT2D eigenvalue weighted by molar-refractivity contribution is 5.87. The van der Waals surface area contributed by atoms with E-state index in [2.05, 4.69) is 13.8 Å². The van der Waals surface area contributed by atoms with Crippen LogP contribution in [0.3, 0.4) is 0 Å². The van der Waals surface area contributed by atoms with Crippen molar-refractivity contribution in [2.24, 2.45) is 5.92 Å². The molecule has 0 saturated carbocycles. The smallest absolute Gasteiger partial charge is 0.332 e. The van der Waals surface area contributed by atoms with Crippen molar-refractivity contribution in [1.29, 1.82) is 5.26 Å². The first-order valence-electron chi connectivity index (χ1n) is 5.40. The fraction of sp³-hybridized carbons (Fsp3) is 0.667. The summed E-state index contributed by atoms with van der Waals surface area (Å²) >= 11 is 0. The predicted octanol–water partition coefficient (Wildman–Crippen LogP) is 3.13. The molecule has 0 aliphatic carbocycles. The molecular formula is C12H19NO2. The van der Waals surface area contributed by atoms with Gasteiger partial charge in [0.15, 0.2) is 0 Å². The predicted molar refractivity (Wildman–Crippen MR) is 59.3 cm³/mol. The Morgan fingerprint density at radius 2 is 2.07 bits per heavy atom. The van der Waals surface area contributed by atoms with Crippen molar-refractivity contribution >= 4 is 5.97 Å². The lowest BCUT2D eigenvalue weighted by Crippen LogP contribution is -2.00. The molecule has 0 aromatic rings. The van der Waals surface area contributed by atoms with Crippen LogP contribution in [0.5, 0.6) is 0 Å². The van der Waals surface area contributed by atoms with Crippen molar-refractivity contribution in [2.75, 3.05) is 0 Å². The van der Waals surface area contributed by atoms with Crippen LogP contribution >= 0.6 is 0 Å². The van der Waals surface area contributed by atoms with Gasteiger partial charge in [0.1, 0.15) is 0 Å². The van der Waals surface area contributed by atoms with Crippen molar-refractivity contribution < 1.29 is 9.90 Å². The Bertz CT molecular complexity index is 261. The number of unbranched alkanes of at least 4 members (excludes halogenated alkanes) is 2. The second kappa shape index (κ2) is 8.05. The number of rotatable bonds is 7. The van der Waals surface area contributed by atoms with Gasteiger partial charge in [-0.15, -0.1) is 0 Å².